The zero-order valence-corrected chi connectivity index (χ0v) is 13.8. The highest BCUT2D eigenvalue weighted by Gasteiger charge is 2.19. The van der Waals surface area contributed by atoms with E-state index < -0.39 is 12.1 Å². The van der Waals surface area contributed by atoms with E-state index in [-0.39, 0.29) is 18.9 Å². The number of amides is 1. The van der Waals surface area contributed by atoms with Gasteiger partial charge in [0.2, 0.25) is 5.91 Å². The quantitative estimate of drug-likeness (QED) is 0.744. The molecule has 0 radical (unpaired) electrons. The molecular formula is C15H25N3O4. The summed E-state index contributed by atoms with van der Waals surface area (Å²) in [6, 6.07) is 0. The van der Waals surface area contributed by atoms with Gasteiger partial charge in [-0.3, -0.25) is 9.48 Å². The molecule has 1 amide bonds. The second kappa shape index (κ2) is 7.93. The minimum absolute atomic E-state index is 0.0527. The lowest BCUT2D eigenvalue weighted by molar-refractivity contribution is -0.148. The zero-order chi connectivity index (χ0) is 16.9. The summed E-state index contributed by atoms with van der Waals surface area (Å²) in [5, 5.41) is 15.9. The molecule has 0 bridgehead atoms. The van der Waals surface area contributed by atoms with Gasteiger partial charge in [0, 0.05) is 24.9 Å². The van der Waals surface area contributed by atoms with Crippen molar-refractivity contribution < 1.29 is 19.4 Å². The number of carbonyl (C=O) groups is 2. The van der Waals surface area contributed by atoms with Crippen molar-refractivity contribution in [3.05, 3.63) is 17.0 Å². The monoisotopic (exact) mass is 311 g/mol. The SMILES string of the molecule is COC(CNC(=O)Cc1c(C)nn(CC(C)C)c1C)C(=O)O. The van der Waals surface area contributed by atoms with Crippen LogP contribution in [0.3, 0.4) is 0 Å². The molecule has 0 spiro atoms. The van der Waals surface area contributed by atoms with Crippen LogP contribution >= 0.6 is 0 Å². The summed E-state index contributed by atoms with van der Waals surface area (Å²) in [6.45, 7) is 8.79. The van der Waals surface area contributed by atoms with E-state index in [1.807, 2.05) is 18.5 Å². The van der Waals surface area contributed by atoms with Gasteiger partial charge >= 0.3 is 5.97 Å². The highest BCUT2D eigenvalue weighted by Crippen LogP contribution is 2.15. The first kappa shape index (κ1) is 18.2. The maximum Gasteiger partial charge on any atom is 0.334 e. The summed E-state index contributed by atoms with van der Waals surface area (Å²) in [7, 11) is 1.30. The normalized spacial score (nSPS) is 12.5. The number of aromatic nitrogens is 2. The van der Waals surface area contributed by atoms with Gasteiger partial charge in [-0.25, -0.2) is 4.79 Å². The van der Waals surface area contributed by atoms with E-state index in [1.165, 1.54) is 7.11 Å². The van der Waals surface area contributed by atoms with Gasteiger partial charge in [0.25, 0.3) is 0 Å². The molecule has 0 aliphatic rings. The molecule has 7 nitrogen and oxygen atoms in total. The van der Waals surface area contributed by atoms with Crippen LogP contribution in [0.4, 0.5) is 0 Å². The fraction of sp³-hybridized carbons (Fsp3) is 0.667. The molecule has 1 unspecified atom stereocenters. The number of carbonyl (C=O) groups excluding carboxylic acids is 1. The molecule has 1 rings (SSSR count). The van der Waals surface area contributed by atoms with Gasteiger partial charge in [0.15, 0.2) is 6.10 Å². The first-order valence-electron chi connectivity index (χ1n) is 7.31. The van der Waals surface area contributed by atoms with E-state index in [9.17, 15) is 9.59 Å². The smallest absolute Gasteiger partial charge is 0.334 e. The average Bonchev–Trinajstić information content (AvgIpc) is 2.66. The summed E-state index contributed by atoms with van der Waals surface area (Å²) < 4.78 is 6.69. The lowest BCUT2D eigenvalue weighted by Crippen LogP contribution is -2.38. The van der Waals surface area contributed by atoms with E-state index in [2.05, 4.69) is 24.3 Å². The standard InChI is InChI=1S/C15H25N3O4/c1-9(2)8-18-11(4)12(10(3)17-18)6-14(19)16-7-13(22-5)15(20)21/h9,13H,6-8H2,1-5H3,(H,16,19)(H,20,21). The molecule has 1 aromatic heterocycles. The van der Waals surface area contributed by atoms with Crippen LogP contribution in [0.25, 0.3) is 0 Å². The highest BCUT2D eigenvalue weighted by molar-refractivity contribution is 5.80. The Bertz CT molecular complexity index is 537. The lowest BCUT2D eigenvalue weighted by Gasteiger charge is -2.12. The molecule has 22 heavy (non-hydrogen) atoms. The molecule has 0 aromatic carbocycles. The maximum atomic E-state index is 12.0. The second-order valence-corrected chi connectivity index (χ2v) is 5.77. The number of carboxylic acid groups (broad SMARTS) is 1. The number of rotatable bonds is 8. The maximum absolute atomic E-state index is 12.0. The Hall–Kier alpha value is -1.89. The third kappa shape index (κ3) is 4.84. The van der Waals surface area contributed by atoms with E-state index in [0.29, 0.717) is 5.92 Å². The van der Waals surface area contributed by atoms with Crippen LogP contribution in [-0.4, -0.2) is 46.5 Å². The minimum atomic E-state index is -1.10. The number of methoxy groups -OCH3 is 1. The van der Waals surface area contributed by atoms with Crippen LogP contribution in [0.2, 0.25) is 0 Å². The Morgan fingerprint density at radius 2 is 2.00 bits per heavy atom. The Kier molecular flexibility index (Phi) is 6.55. The molecule has 0 aliphatic carbocycles. The number of aryl methyl sites for hydroxylation is 1. The van der Waals surface area contributed by atoms with Crippen molar-refractivity contribution >= 4 is 11.9 Å². The summed E-state index contributed by atoms with van der Waals surface area (Å²) in [4.78, 5) is 22.8. The van der Waals surface area contributed by atoms with E-state index in [4.69, 9.17) is 9.84 Å². The molecule has 1 atom stereocenters. The molecule has 124 valence electrons. The third-order valence-electron chi connectivity index (χ3n) is 3.45. The van der Waals surface area contributed by atoms with E-state index in [1.54, 1.807) is 0 Å². The molecule has 1 heterocycles. The molecule has 2 N–H and O–H groups in total. The molecule has 0 aliphatic heterocycles. The Morgan fingerprint density at radius 3 is 2.50 bits per heavy atom. The van der Waals surface area contributed by atoms with Gasteiger partial charge in [-0.15, -0.1) is 0 Å². The number of hydrogen-bond donors (Lipinski definition) is 2. The van der Waals surface area contributed by atoms with Gasteiger partial charge in [-0.05, 0) is 19.8 Å². The number of ether oxygens (including phenoxy) is 1. The zero-order valence-electron chi connectivity index (χ0n) is 13.8. The van der Waals surface area contributed by atoms with Crippen molar-refractivity contribution in [1.29, 1.82) is 0 Å². The van der Waals surface area contributed by atoms with E-state index in [0.717, 1.165) is 23.5 Å². The lowest BCUT2D eigenvalue weighted by atomic mass is 10.1. The first-order valence-corrected chi connectivity index (χ1v) is 7.31. The summed E-state index contributed by atoms with van der Waals surface area (Å²) in [5.74, 6) is -0.865. The minimum Gasteiger partial charge on any atom is -0.479 e. The summed E-state index contributed by atoms with van der Waals surface area (Å²) >= 11 is 0. The molecule has 7 heteroatoms. The molecule has 0 saturated carbocycles. The summed E-state index contributed by atoms with van der Waals surface area (Å²) in [5.41, 5.74) is 2.69. The molecule has 1 aromatic rings. The Morgan fingerprint density at radius 1 is 1.36 bits per heavy atom. The van der Waals surface area contributed by atoms with Gasteiger partial charge in [-0.1, -0.05) is 13.8 Å². The Balaban J connectivity index is 2.68. The summed E-state index contributed by atoms with van der Waals surface area (Å²) in [6.07, 6.45) is -0.846. The fourth-order valence-electron chi connectivity index (χ4n) is 2.21. The van der Waals surface area contributed by atoms with Gasteiger partial charge in [0.05, 0.1) is 18.7 Å². The average molecular weight is 311 g/mol. The topological polar surface area (TPSA) is 93.5 Å². The van der Waals surface area contributed by atoms with Gasteiger partial charge in [0.1, 0.15) is 0 Å². The van der Waals surface area contributed by atoms with Crippen LogP contribution < -0.4 is 5.32 Å². The Labute approximate surface area is 130 Å². The van der Waals surface area contributed by atoms with Crippen molar-refractivity contribution in [2.75, 3.05) is 13.7 Å². The second-order valence-electron chi connectivity index (χ2n) is 5.77. The predicted molar refractivity (Wildman–Crippen MR) is 81.7 cm³/mol. The fourth-order valence-corrected chi connectivity index (χ4v) is 2.21. The van der Waals surface area contributed by atoms with Crippen molar-refractivity contribution in [2.24, 2.45) is 5.92 Å². The highest BCUT2D eigenvalue weighted by atomic mass is 16.5. The largest absolute Gasteiger partial charge is 0.479 e. The third-order valence-corrected chi connectivity index (χ3v) is 3.45. The van der Waals surface area contributed by atoms with Gasteiger partial charge < -0.3 is 15.2 Å². The number of aliphatic carboxylic acids is 1. The number of carboxylic acids is 1. The molecular weight excluding hydrogens is 286 g/mol. The van der Waals surface area contributed by atoms with Crippen molar-refractivity contribution in [3.63, 3.8) is 0 Å². The number of nitrogens with zero attached hydrogens (tertiary/aromatic N) is 2. The van der Waals surface area contributed by atoms with Crippen LogP contribution in [-0.2, 0) is 27.3 Å². The van der Waals surface area contributed by atoms with Gasteiger partial charge in [-0.2, -0.15) is 5.10 Å². The van der Waals surface area contributed by atoms with E-state index >= 15 is 0 Å². The molecule has 0 saturated heterocycles. The van der Waals surface area contributed by atoms with Crippen molar-refractivity contribution in [3.8, 4) is 0 Å². The van der Waals surface area contributed by atoms with Crippen LogP contribution in [0.5, 0.6) is 0 Å². The van der Waals surface area contributed by atoms with Crippen LogP contribution in [0.1, 0.15) is 30.8 Å². The van der Waals surface area contributed by atoms with Crippen LogP contribution in [0.15, 0.2) is 0 Å². The molecule has 0 fully saturated rings. The van der Waals surface area contributed by atoms with Crippen molar-refractivity contribution in [1.82, 2.24) is 15.1 Å². The van der Waals surface area contributed by atoms with Crippen LogP contribution in [0, 0.1) is 19.8 Å². The number of hydrogen-bond acceptors (Lipinski definition) is 4. The number of nitrogens with one attached hydrogen (secondary N) is 1. The van der Waals surface area contributed by atoms with Crippen molar-refractivity contribution in [2.45, 2.75) is 46.8 Å². The first-order chi connectivity index (χ1) is 10.3. The predicted octanol–water partition coefficient (Wildman–Crippen LogP) is 0.914.